The van der Waals surface area contributed by atoms with Crippen LogP contribution in [0, 0.1) is 10.1 Å². The average molecular weight is 310 g/mol. The molecule has 0 atom stereocenters. The van der Waals surface area contributed by atoms with Gasteiger partial charge in [0, 0.05) is 12.1 Å². The molecule has 110 valence electrons. The van der Waals surface area contributed by atoms with Crippen molar-refractivity contribution in [1.82, 2.24) is 9.97 Å². The van der Waals surface area contributed by atoms with E-state index in [2.05, 4.69) is 14.7 Å². The summed E-state index contributed by atoms with van der Waals surface area (Å²) in [5.74, 6) is 0. The van der Waals surface area contributed by atoms with Gasteiger partial charge in [-0.05, 0) is 12.1 Å². The second-order valence-electron chi connectivity index (χ2n) is 3.81. The molecule has 1 heterocycles. The van der Waals surface area contributed by atoms with Crippen LogP contribution in [0.25, 0.3) is 0 Å². The van der Waals surface area contributed by atoms with Gasteiger partial charge in [0.2, 0.25) is 0 Å². The van der Waals surface area contributed by atoms with Crippen molar-refractivity contribution in [2.24, 2.45) is 0 Å². The fourth-order valence-electron chi connectivity index (χ4n) is 1.44. The van der Waals surface area contributed by atoms with Crippen LogP contribution >= 0.6 is 0 Å². The molecule has 0 aliphatic carbocycles. The Labute approximate surface area is 119 Å². The van der Waals surface area contributed by atoms with Crippen LogP contribution in [0.4, 0.5) is 11.4 Å². The zero-order valence-corrected chi connectivity index (χ0v) is 11.6. The van der Waals surface area contributed by atoms with Gasteiger partial charge in [-0.15, -0.1) is 0 Å². The van der Waals surface area contributed by atoms with E-state index in [0.29, 0.717) is 0 Å². The van der Waals surface area contributed by atoms with E-state index in [0.717, 1.165) is 24.3 Å². The molecule has 2 rings (SSSR count). The predicted molar refractivity (Wildman–Crippen MR) is 72.5 cm³/mol. The minimum atomic E-state index is -3.87. The van der Waals surface area contributed by atoms with Crippen molar-refractivity contribution >= 4 is 21.4 Å². The molecule has 0 fully saturated rings. The van der Waals surface area contributed by atoms with Crippen LogP contribution in [0.1, 0.15) is 0 Å². The summed E-state index contributed by atoms with van der Waals surface area (Å²) in [6.07, 6.45) is 2.49. The monoisotopic (exact) mass is 310 g/mol. The number of nitro groups is 1. The largest absolute Gasteiger partial charge is 0.467 e. The summed E-state index contributed by atoms with van der Waals surface area (Å²) in [7, 11) is -2.48. The standard InChI is InChI=1S/C11H10N4O5S/c1-20-11-12-6-8(7-13-11)14-21(18,19)10-4-2-9(3-5-10)15(16)17/h2-7,14H,1H3. The second-order valence-corrected chi connectivity index (χ2v) is 5.50. The number of aromatic nitrogens is 2. The van der Waals surface area contributed by atoms with Crippen LogP contribution < -0.4 is 9.46 Å². The Morgan fingerprint density at radius 1 is 1.19 bits per heavy atom. The maximum Gasteiger partial charge on any atom is 0.316 e. The van der Waals surface area contributed by atoms with E-state index < -0.39 is 14.9 Å². The smallest absolute Gasteiger partial charge is 0.316 e. The topological polar surface area (TPSA) is 124 Å². The summed E-state index contributed by atoms with van der Waals surface area (Å²) in [5, 5.41) is 10.5. The fraction of sp³-hybridized carbons (Fsp3) is 0.0909. The fourth-order valence-corrected chi connectivity index (χ4v) is 2.46. The number of hydrogen-bond donors (Lipinski definition) is 1. The van der Waals surface area contributed by atoms with E-state index in [1.807, 2.05) is 0 Å². The molecular weight excluding hydrogens is 300 g/mol. The normalized spacial score (nSPS) is 10.9. The first-order valence-electron chi connectivity index (χ1n) is 5.56. The lowest BCUT2D eigenvalue weighted by molar-refractivity contribution is -0.384. The number of ether oxygens (including phenoxy) is 1. The van der Waals surface area contributed by atoms with Gasteiger partial charge in [-0.2, -0.15) is 0 Å². The highest BCUT2D eigenvalue weighted by molar-refractivity contribution is 7.92. The van der Waals surface area contributed by atoms with Gasteiger partial charge in [0.25, 0.3) is 15.7 Å². The molecule has 0 bridgehead atoms. The van der Waals surface area contributed by atoms with Crippen LogP contribution in [0.2, 0.25) is 0 Å². The molecule has 0 radical (unpaired) electrons. The number of benzene rings is 1. The lowest BCUT2D eigenvalue weighted by Gasteiger charge is -2.07. The number of non-ortho nitro benzene ring substituents is 1. The highest BCUT2D eigenvalue weighted by atomic mass is 32.2. The Bertz CT molecular complexity index is 743. The number of nitro benzene ring substituents is 1. The van der Waals surface area contributed by atoms with Gasteiger partial charge < -0.3 is 4.74 Å². The SMILES string of the molecule is COc1ncc(NS(=O)(=O)c2ccc([N+](=O)[O-])cc2)cn1. The molecule has 10 heteroatoms. The van der Waals surface area contributed by atoms with Crippen LogP contribution in [-0.2, 0) is 10.0 Å². The van der Waals surface area contributed by atoms with Crippen molar-refractivity contribution in [3.63, 3.8) is 0 Å². The van der Waals surface area contributed by atoms with E-state index >= 15 is 0 Å². The van der Waals surface area contributed by atoms with Crippen LogP contribution in [0.5, 0.6) is 6.01 Å². The van der Waals surface area contributed by atoms with Gasteiger partial charge in [-0.1, -0.05) is 0 Å². The van der Waals surface area contributed by atoms with Crippen molar-refractivity contribution in [3.05, 3.63) is 46.8 Å². The third-order valence-corrected chi connectivity index (χ3v) is 3.82. The summed E-state index contributed by atoms with van der Waals surface area (Å²) >= 11 is 0. The molecule has 1 aromatic carbocycles. The van der Waals surface area contributed by atoms with Crippen LogP contribution in [-0.4, -0.2) is 30.4 Å². The Morgan fingerprint density at radius 3 is 2.24 bits per heavy atom. The molecule has 0 saturated heterocycles. The molecule has 9 nitrogen and oxygen atoms in total. The Morgan fingerprint density at radius 2 is 1.76 bits per heavy atom. The third kappa shape index (κ3) is 3.42. The summed E-state index contributed by atoms with van der Waals surface area (Å²) in [6.45, 7) is 0. The molecule has 0 spiro atoms. The number of nitrogens with zero attached hydrogens (tertiary/aromatic N) is 3. The molecule has 0 aliphatic rings. The number of rotatable bonds is 5. The first kappa shape index (κ1) is 14.7. The molecular formula is C11H10N4O5S. The zero-order chi connectivity index (χ0) is 15.5. The summed E-state index contributed by atoms with van der Waals surface area (Å²) in [6, 6.07) is 4.61. The molecule has 21 heavy (non-hydrogen) atoms. The van der Waals surface area contributed by atoms with Gasteiger partial charge in [-0.25, -0.2) is 18.4 Å². The molecule has 0 aliphatic heterocycles. The first-order chi connectivity index (χ1) is 9.92. The van der Waals surface area contributed by atoms with E-state index in [4.69, 9.17) is 4.74 Å². The van der Waals surface area contributed by atoms with Gasteiger partial charge in [-0.3, -0.25) is 14.8 Å². The van der Waals surface area contributed by atoms with E-state index in [-0.39, 0.29) is 22.3 Å². The minimum Gasteiger partial charge on any atom is -0.467 e. The van der Waals surface area contributed by atoms with Crippen LogP contribution in [0.15, 0.2) is 41.6 Å². The molecule has 0 unspecified atom stereocenters. The molecule has 2 aromatic rings. The van der Waals surface area contributed by atoms with E-state index in [1.165, 1.54) is 19.5 Å². The highest BCUT2D eigenvalue weighted by Crippen LogP contribution is 2.18. The first-order valence-corrected chi connectivity index (χ1v) is 7.04. The lowest BCUT2D eigenvalue weighted by Crippen LogP contribution is -2.13. The maximum absolute atomic E-state index is 12.1. The number of nitrogens with one attached hydrogen (secondary N) is 1. The quantitative estimate of drug-likeness (QED) is 0.649. The Hall–Kier alpha value is -2.75. The highest BCUT2D eigenvalue weighted by Gasteiger charge is 2.16. The number of methoxy groups -OCH3 is 1. The van der Waals surface area contributed by atoms with Crippen molar-refractivity contribution in [2.75, 3.05) is 11.8 Å². The van der Waals surface area contributed by atoms with Gasteiger partial charge in [0.05, 0.1) is 35.0 Å². The minimum absolute atomic E-state index is 0.105. The maximum atomic E-state index is 12.1. The average Bonchev–Trinajstić information content (AvgIpc) is 2.48. The van der Waals surface area contributed by atoms with Gasteiger partial charge in [0.1, 0.15) is 0 Å². The third-order valence-electron chi connectivity index (χ3n) is 2.42. The van der Waals surface area contributed by atoms with Gasteiger partial charge >= 0.3 is 6.01 Å². The molecule has 0 amide bonds. The van der Waals surface area contributed by atoms with E-state index in [1.54, 1.807) is 0 Å². The van der Waals surface area contributed by atoms with Crippen LogP contribution in [0.3, 0.4) is 0 Å². The van der Waals surface area contributed by atoms with Crippen molar-refractivity contribution in [3.8, 4) is 6.01 Å². The second kappa shape index (κ2) is 5.71. The van der Waals surface area contributed by atoms with Crippen molar-refractivity contribution < 1.29 is 18.1 Å². The Balaban J connectivity index is 2.22. The number of anilines is 1. The van der Waals surface area contributed by atoms with Crippen molar-refractivity contribution in [2.45, 2.75) is 4.90 Å². The van der Waals surface area contributed by atoms with Gasteiger partial charge in [0.15, 0.2) is 0 Å². The zero-order valence-electron chi connectivity index (χ0n) is 10.8. The van der Waals surface area contributed by atoms with E-state index in [9.17, 15) is 18.5 Å². The summed E-state index contributed by atoms with van der Waals surface area (Å²) < 4.78 is 31.2. The number of sulfonamides is 1. The molecule has 1 aromatic heterocycles. The lowest BCUT2D eigenvalue weighted by atomic mass is 10.3. The predicted octanol–water partition coefficient (Wildman–Crippen LogP) is 1.19. The molecule has 0 saturated carbocycles. The Kier molecular flexibility index (Phi) is 3.98. The summed E-state index contributed by atoms with van der Waals surface area (Å²) in [4.78, 5) is 17.3. The molecule has 1 N–H and O–H groups in total. The summed E-state index contributed by atoms with van der Waals surface area (Å²) in [5.41, 5.74) is -0.0455. The van der Waals surface area contributed by atoms with Crippen molar-refractivity contribution in [1.29, 1.82) is 0 Å². The number of hydrogen-bond acceptors (Lipinski definition) is 7.